The Morgan fingerprint density at radius 1 is 1.16 bits per heavy atom. The first-order chi connectivity index (χ1) is 14.7. The van der Waals surface area contributed by atoms with E-state index in [0.29, 0.717) is 36.2 Å². The summed E-state index contributed by atoms with van der Waals surface area (Å²) < 4.78 is 17.3. The summed E-state index contributed by atoms with van der Waals surface area (Å²) in [6.07, 6.45) is 0.283. The Labute approximate surface area is 194 Å². The molecule has 0 aliphatic carbocycles. The number of benzene rings is 2. The van der Waals surface area contributed by atoms with Gasteiger partial charge in [0.1, 0.15) is 18.0 Å². The van der Waals surface area contributed by atoms with E-state index in [1.54, 1.807) is 12.1 Å². The predicted octanol–water partition coefficient (Wildman–Crippen LogP) is 5.68. The molecule has 0 amide bonds. The van der Waals surface area contributed by atoms with Crippen LogP contribution in [0.1, 0.15) is 44.4 Å². The van der Waals surface area contributed by atoms with E-state index in [0.717, 1.165) is 23.4 Å². The molecule has 1 aliphatic heterocycles. The Hall–Kier alpha value is -1.79. The number of morpholine rings is 1. The minimum Gasteiger partial charge on any atom is -0.489 e. The molecule has 1 aliphatic rings. The predicted molar refractivity (Wildman–Crippen MR) is 123 cm³/mol. The first-order valence-corrected chi connectivity index (χ1v) is 11.2. The molecule has 5 nitrogen and oxygen atoms in total. The van der Waals surface area contributed by atoms with E-state index in [9.17, 15) is 4.79 Å². The standard InChI is InChI=1S/C24H29Cl2NO4/c1-24(2,3)31-23(28)10-11-27-12-13-29-22(15-27)17-6-4-7-18(14-17)30-16-19-20(25)8-5-9-21(19)26/h4-9,14,22H,10-13,15-16H2,1-3H3. The van der Waals surface area contributed by atoms with E-state index >= 15 is 0 Å². The van der Waals surface area contributed by atoms with Crippen molar-refractivity contribution >= 4 is 29.2 Å². The first kappa shape index (κ1) is 23.9. The van der Waals surface area contributed by atoms with Crippen molar-refractivity contribution in [3.8, 4) is 5.75 Å². The van der Waals surface area contributed by atoms with Gasteiger partial charge in [-0.25, -0.2) is 0 Å². The molecule has 31 heavy (non-hydrogen) atoms. The third-order valence-electron chi connectivity index (χ3n) is 4.88. The Morgan fingerprint density at radius 2 is 1.87 bits per heavy atom. The van der Waals surface area contributed by atoms with Gasteiger partial charge in [-0.3, -0.25) is 9.69 Å². The SMILES string of the molecule is CC(C)(C)OC(=O)CCN1CCOC(c2cccc(OCc3c(Cl)cccc3Cl)c2)C1. The van der Waals surface area contributed by atoms with Crippen molar-refractivity contribution in [1.82, 2.24) is 4.90 Å². The van der Waals surface area contributed by atoms with Gasteiger partial charge < -0.3 is 14.2 Å². The summed E-state index contributed by atoms with van der Waals surface area (Å²) in [5, 5.41) is 1.17. The lowest BCUT2D eigenvalue weighted by atomic mass is 10.1. The van der Waals surface area contributed by atoms with E-state index in [4.69, 9.17) is 37.4 Å². The van der Waals surface area contributed by atoms with Crippen LogP contribution in [0.3, 0.4) is 0 Å². The van der Waals surface area contributed by atoms with Crippen LogP contribution in [0.4, 0.5) is 0 Å². The van der Waals surface area contributed by atoms with Crippen molar-refractivity contribution in [2.45, 2.75) is 45.5 Å². The fourth-order valence-electron chi connectivity index (χ4n) is 3.38. The molecule has 0 aromatic heterocycles. The molecule has 1 fully saturated rings. The fraction of sp³-hybridized carbons (Fsp3) is 0.458. The molecule has 1 saturated heterocycles. The molecule has 0 spiro atoms. The zero-order valence-corrected chi connectivity index (χ0v) is 19.7. The summed E-state index contributed by atoms with van der Waals surface area (Å²) in [5.41, 5.74) is 1.34. The van der Waals surface area contributed by atoms with Crippen LogP contribution in [0.25, 0.3) is 0 Å². The van der Waals surface area contributed by atoms with Gasteiger partial charge in [0.2, 0.25) is 0 Å². The molecule has 0 saturated carbocycles. The van der Waals surface area contributed by atoms with Gasteiger partial charge >= 0.3 is 5.97 Å². The van der Waals surface area contributed by atoms with Gasteiger partial charge in [-0.15, -0.1) is 0 Å². The maximum atomic E-state index is 12.0. The Morgan fingerprint density at radius 3 is 2.58 bits per heavy atom. The number of hydrogen-bond donors (Lipinski definition) is 0. The number of ether oxygens (including phenoxy) is 3. The van der Waals surface area contributed by atoms with E-state index in [2.05, 4.69) is 4.90 Å². The van der Waals surface area contributed by atoms with Gasteiger partial charge in [0.05, 0.1) is 19.1 Å². The quantitative estimate of drug-likeness (QED) is 0.492. The number of nitrogens with zero attached hydrogens (tertiary/aromatic N) is 1. The topological polar surface area (TPSA) is 48.0 Å². The molecule has 1 heterocycles. The van der Waals surface area contributed by atoms with Crippen LogP contribution in [-0.2, 0) is 20.9 Å². The third-order valence-corrected chi connectivity index (χ3v) is 5.59. The van der Waals surface area contributed by atoms with Gasteiger partial charge in [-0.1, -0.05) is 41.4 Å². The largest absolute Gasteiger partial charge is 0.489 e. The average molecular weight is 466 g/mol. The minimum absolute atomic E-state index is 0.0835. The second-order valence-electron chi connectivity index (χ2n) is 8.56. The van der Waals surface area contributed by atoms with Crippen molar-refractivity contribution in [3.05, 3.63) is 63.6 Å². The number of halogens is 2. The maximum Gasteiger partial charge on any atom is 0.307 e. The first-order valence-electron chi connectivity index (χ1n) is 10.4. The summed E-state index contributed by atoms with van der Waals surface area (Å²) in [4.78, 5) is 14.3. The molecule has 7 heteroatoms. The van der Waals surface area contributed by atoms with Crippen LogP contribution in [-0.4, -0.2) is 42.7 Å². The molecular weight excluding hydrogens is 437 g/mol. The molecule has 0 N–H and O–H groups in total. The molecule has 0 bridgehead atoms. The monoisotopic (exact) mass is 465 g/mol. The number of rotatable bonds is 7. The van der Waals surface area contributed by atoms with Gasteiger partial charge in [-0.2, -0.15) is 0 Å². The van der Waals surface area contributed by atoms with Crippen LogP contribution < -0.4 is 4.74 Å². The smallest absolute Gasteiger partial charge is 0.307 e. The number of carbonyl (C=O) groups is 1. The third kappa shape index (κ3) is 7.39. The van der Waals surface area contributed by atoms with Crippen LogP contribution in [0, 0.1) is 0 Å². The zero-order chi connectivity index (χ0) is 22.4. The maximum absolute atomic E-state index is 12.0. The Bertz CT molecular complexity index is 877. The summed E-state index contributed by atoms with van der Waals surface area (Å²) in [5.74, 6) is 0.548. The highest BCUT2D eigenvalue weighted by molar-refractivity contribution is 6.35. The normalized spacial score (nSPS) is 17.4. The molecule has 3 rings (SSSR count). The minimum atomic E-state index is -0.459. The summed E-state index contributed by atoms with van der Waals surface area (Å²) in [7, 11) is 0. The van der Waals surface area contributed by atoms with Crippen molar-refractivity contribution in [3.63, 3.8) is 0 Å². The van der Waals surface area contributed by atoms with Crippen LogP contribution in [0.15, 0.2) is 42.5 Å². The molecule has 1 atom stereocenters. The summed E-state index contributed by atoms with van der Waals surface area (Å²) in [6.45, 7) is 8.69. The number of esters is 1. The Balaban J connectivity index is 1.57. The highest BCUT2D eigenvalue weighted by Crippen LogP contribution is 2.28. The average Bonchev–Trinajstić information content (AvgIpc) is 2.71. The second-order valence-corrected chi connectivity index (χ2v) is 9.37. The van der Waals surface area contributed by atoms with E-state index in [1.165, 1.54) is 0 Å². The summed E-state index contributed by atoms with van der Waals surface area (Å²) in [6, 6.07) is 13.3. The molecular formula is C24H29Cl2NO4. The lowest BCUT2D eigenvalue weighted by Crippen LogP contribution is -2.39. The number of carbonyl (C=O) groups excluding carboxylic acids is 1. The number of hydrogen-bond acceptors (Lipinski definition) is 5. The van der Waals surface area contributed by atoms with E-state index < -0.39 is 5.60 Å². The molecule has 2 aromatic carbocycles. The molecule has 168 valence electrons. The molecule has 0 radical (unpaired) electrons. The van der Waals surface area contributed by atoms with E-state index in [1.807, 2.05) is 51.1 Å². The van der Waals surface area contributed by atoms with Gasteiger partial charge in [0, 0.05) is 35.2 Å². The molecule has 1 unspecified atom stereocenters. The van der Waals surface area contributed by atoms with Crippen molar-refractivity contribution in [2.24, 2.45) is 0 Å². The highest BCUT2D eigenvalue weighted by Gasteiger charge is 2.24. The lowest BCUT2D eigenvalue weighted by molar-refractivity contribution is -0.155. The van der Waals surface area contributed by atoms with Gasteiger partial charge in [0.15, 0.2) is 0 Å². The van der Waals surface area contributed by atoms with Crippen LogP contribution in [0.5, 0.6) is 5.75 Å². The molecule has 2 aromatic rings. The van der Waals surface area contributed by atoms with Crippen LogP contribution in [0.2, 0.25) is 10.0 Å². The lowest BCUT2D eigenvalue weighted by Gasteiger charge is -2.33. The van der Waals surface area contributed by atoms with Gasteiger partial charge in [0.25, 0.3) is 0 Å². The highest BCUT2D eigenvalue weighted by atomic mass is 35.5. The van der Waals surface area contributed by atoms with Crippen LogP contribution >= 0.6 is 23.2 Å². The van der Waals surface area contributed by atoms with E-state index in [-0.39, 0.29) is 18.7 Å². The second kappa shape index (κ2) is 10.7. The van der Waals surface area contributed by atoms with Gasteiger partial charge in [-0.05, 0) is 50.6 Å². The van der Waals surface area contributed by atoms with Crippen molar-refractivity contribution < 1.29 is 19.0 Å². The van der Waals surface area contributed by atoms with Crippen molar-refractivity contribution in [1.29, 1.82) is 0 Å². The van der Waals surface area contributed by atoms with Crippen molar-refractivity contribution in [2.75, 3.05) is 26.2 Å². The fourth-order valence-corrected chi connectivity index (χ4v) is 3.89. The summed E-state index contributed by atoms with van der Waals surface area (Å²) >= 11 is 12.5. The Kier molecular flexibility index (Phi) is 8.23. The zero-order valence-electron chi connectivity index (χ0n) is 18.2.